The Morgan fingerprint density at radius 2 is 1.52 bits per heavy atom. The molecule has 136 valence electrons. The Morgan fingerprint density at radius 1 is 1.00 bits per heavy atom. The summed E-state index contributed by atoms with van der Waals surface area (Å²) in [6.07, 6.45) is 9.39. The molecule has 1 aromatic rings. The van der Waals surface area contributed by atoms with Gasteiger partial charge in [-0.15, -0.1) is 0 Å². The minimum Gasteiger partial charge on any atom is -0.478 e. The fourth-order valence-electron chi connectivity index (χ4n) is 2.75. The lowest BCUT2D eigenvalue weighted by atomic mass is 9.77. The highest BCUT2D eigenvalue weighted by Crippen LogP contribution is 2.40. The van der Waals surface area contributed by atoms with E-state index in [1.165, 1.54) is 37.7 Å². The number of carboxylic acid groups (broad SMARTS) is 2. The largest absolute Gasteiger partial charge is 0.478 e. The summed E-state index contributed by atoms with van der Waals surface area (Å²) >= 11 is 0. The van der Waals surface area contributed by atoms with E-state index in [0.29, 0.717) is 12.2 Å². The van der Waals surface area contributed by atoms with Gasteiger partial charge in [-0.2, -0.15) is 0 Å². The lowest BCUT2D eigenvalue weighted by molar-refractivity contribution is -0.134. The maximum atomic E-state index is 9.55. The predicted octanol–water partition coefficient (Wildman–Crippen LogP) is 3.15. The second-order valence-corrected chi connectivity index (χ2v) is 6.18. The molecule has 0 heterocycles. The summed E-state index contributed by atoms with van der Waals surface area (Å²) in [6.45, 7) is 0. The molecule has 0 saturated heterocycles. The van der Waals surface area contributed by atoms with Crippen LogP contribution in [0.1, 0.15) is 37.7 Å². The fraction of sp³-hybridized carbons (Fsp3) is 0.421. The smallest absolute Gasteiger partial charge is 0.328 e. The molecule has 0 aromatic heterocycles. The molecule has 1 aliphatic carbocycles. The number of carboxylic acids is 2. The molecule has 6 heteroatoms. The molecule has 2 rings (SSSR count). The van der Waals surface area contributed by atoms with Gasteiger partial charge in [-0.05, 0) is 18.4 Å². The molecule has 0 bridgehead atoms. The zero-order chi connectivity index (χ0) is 18.7. The predicted molar refractivity (Wildman–Crippen MR) is 97.8 cm³/mol. The van der Waals surface area contributed by atoms with Crippen molar-refractivity contribution >= 4 is 18.3 Å². The van der Waals surface area contributed by atoms with E-state index in [1.807, 2.05) is 25.3 Å². The van der Waals surface area contributed by atoms with Crippen molar-refractivity contribution in [1.29, 1.82) is 0 Å². The molecular weight excluding hydrogens is 320 g/mol. The van der Waals surface area contributed by atoms with E-state index in [9.17, 15) is 9.59 Å². The van der Waals surface area contributed by atoms with E-state index in [2.05, 4.69) is 30.3 Å². The molecular formula is C19H26N2O4. The Hall–Kier alpha value is -2.63. The molecule has 1 fully saturated rings. The number of rotatable bonds is 5. The van der Waals surface area contributed by atoms with Crippen molar-refractivity contribution in [2.45, 2.75) is 37.6 Å². The SMILES string of the molecule is CN(C)C=NC1(c2ccccc2)CCCCC1.O=C(O)/C=C/C(=O)O. The van der Waals surface area contributed by atoms with Gasteiger partial charge >= 0.3 is 11.9 Å². The van der Waals surface area contributed by atoms with E-state index in [1.54, 1.807) is 0 Å². The second kappa shape index (κ2) is 10.3. The van der Waals surface area contributed by atoms with E-state index in [4.69, 9.17) is 15.2 Å². The first-order valence-electron chi connectivity index (χ1n) is 8.27. The highest BCUT2D eigenvalue weighted by Gasteiger charge is 2.32. The maximum Gasteiger partial charge on any atom is 0.328 e. The molecule has 1 aliphatic rings. The van der Waals surface area contributed by atoms with Gasteiger partial charge in [0.05, 0.1) is 11.9 Å². The minimum absolute atomic E-state index is 0.0315. The number of nitrogens with zero attached hydrogens (tertiary/aromatic N) is 2. The van der Waals surface area contributed by atoms with Gasteiger partial charge in [0.25, 0.3) is 0 Å². The zero-order valence-corrected chi connectivity index (χ0v) is 14.8. The Labute approximate surface area is 148 Å². The molecule has 1 aromatic carbocycles. The summed E-state index contributed by atoms with van der Waals surface area (Å²) in [5.41, 5.74) is 1.40. The van der Waals surface area contributed by atoms with Gasteiger partial charge < -0.3 is 15.1 Å². The van der Waals surface area contributed by atoms with Gasteiger partial charge in [-0.3, -0.25) is 4.99 Å². The van der Waals surface area contributed by atoms with Crippen LogP contribution in [0.3, 0.4) is 0 Å². The van der Waals surface area contributed by atoms with Gasteiger partial charge in [0.1, 0.15) is 0 Å². The van der Waals surface area contributed by atoms with Crippen LogP contribution in [0, 0.1) is 0 Å². The number of carbonyl (C=O) groups is 2. The Morgan fingerprint density at radius 3 is 1.96 bits per heavy atom. The Kier molecular flexibility index (Phi) is 8.39. The first kappa shape index (κ1) is 20.4. The van der Waals surface area contributed by atoms with Crippen molar-refractivity contribution in [2.24, 2.45) is 4.99 Å². The van der Waals surface area contributed by atoms with Crippen molar-refractivity contribution in [3.63, 3.8) is 0 Å². The van der Waals surface area contributed by atoms with Crippen LogP contribution in [0.4, 0.5) is 0 Å². The van der Waals surface area contributed by atoms with Crippen molar-refractivity contribution < 1.29 is 19.8 Å². The van der Waals surface area contributed by atoms with Crippen molar-refractivity contribution in [2.75, 3.05) is 14.1 Å². The topological polar surface area (TPSA) is 90.2 Å². The quantitative estimate of drug-likeness (QED) is 0.485. The van der Waals surface area contributed by atoms with E-state index >= 15 is 0 Å². The monoisotopic (exact) mass is 346 g/mol. The molecule has 0 radical (unpaired) electrons. The van der Waals surface area contributed by atoms with Gasteiger partial charge in [0.15, 0.2) is 0 Å². The summed E-state index contributed by atoms with van der Waals surface area (Å²) < 4.78 is 0. The third-order valence-electron chi connectivity index (χ3n) is 3.90. The molecule has 2 N–H and O–H groups in total. The highest BCUT2D eigenvalue weighted by atomic mass is 16.4. The van der Waals surface area contributed by atoms with Gasteiger partial charge in [-0.1, -0.05) is 49.6 Å². The average Bonchev–Trinajstić information content (AvgIpc) is 2.60. The molecule has 25 heavy (non-hydrogen) atoms. The van der Waals surface area contributed by atoms with Crippen molar-refractivity contribution in [3.8, 4) is 0 Å². The summed E-state index contributed by atoms with van der Waals surface area (Å²) in [4.78, 5) is 26.0. The third kappa shape index (κ3) is 7.65. The van der Waals surface area contributed by atoms with Crippen molar-refractivity contribution in [1.82, 2.24) is 4.90 Å². The third-order valence-corrected chi connectivity index (χ3v) is 3.90. The van der Waals surface area contributed by atoms with E-state index < -0.39 is 11.9 Å². The normalized spacial score (nSPS) is 16.2. The molecule has 6 nitrogen and oxygen atoms in total. The van der Waals surface area contributed by atoms with Crippen LogP contribution < -0.4 is 0 Å². The first-order chi connectivity index (χ1) is 11.9. The van der Waals surface area contributed by atoms with Crippen LogP contribution in [0.15, 0.2) is 47.5 Å². The molecule has 0 aliphatic heterocycles. The van der Waals surface area contributed by atoms with Crippen LogP contribution in [0.25, 0.3) is 0 Å². The molecule has 0 unspecified atom stereocenters. The summed E-state index contributed by atoms with van der Waals surface area (Å²) in [5.74, 6) is -2.51. The van der Waals surface area contributed by atoms with Crippen LogP contribution in [0.2, 0.25) is 0 Å². The molecule has 1 saturated carbocycles. The maximum absolute atomic E-state index is 9.55. The van der Waals surface area contributed by atoms with Crippen LogP contribution in [0.5, 0.6) is 0 Å². The van der Waals surface area contributed by atoms with Gasteiger partial charge in [0, 0.05) is 26.2 Å². The van der Waals surface area contributed by atoms with Crippen LogP contribution >= 0.6 is 0 Å². The standard InChI is InChI=1S/C15H22N2.C4H4O4/c1-17(2)13-16-15(11-7-4-8-12-15)14-9-5-3-6-10-14;5-3(6)1-2-4(7)8/h3,5-6,9-10,13H,4,7-8,11-12H2,1-2H3;1-2H,(H,5,6)(H,7,8)/b;2-1+. The van der Waals surface area contributed by atoms with E-state index in [0.717, 1.165) is 0 Å². The summed E-state index contributed by atoms with van der Waals surface area (Å²) in [6, 6.07) is 10.8. The summed E-state index contributed by atoms with van der Waals surface area (Å²) in [7, 11) is 4.07. The Bertz CT molecular complexity index is 587. The van der Waals surface area contributed by atoms with E-state index in [-0.39, 0.29) is 5.54 Å². The lowest BCUT2D eigenvalue weighted by Gasteiger charge is -2.34. The summed E-state index contributed by atoms with van der Waals surface area (Å²) in [5, 5.41) is 15.6. The van der Waals surface area contributed by atoms with Gasteiger partial charge in [-0.25, -0.2) is 9.59 Å². The second-order valence-electron chi connectivity index (χ2n) is 6.18. The average molecular weight is 346 g/mol. The minimum atomic E-state index is -1.26. The number of aliphatic imine (C=N–C) groups is 1. The number of benzene rings is 1. The van der Waals surface area contributed by atoms with Crippen molar-refractivity contribution in [3.05, 3.63) is 48.0 Å². The Balaban J connectivity index is 0.000000333. The van der Waals surface area contributed by atoms with Crippen LogP contribution in [-0.4, -0.2) is 47.5 Å². The zero-order valence-electron chi connectivity index (χ0n) is 14.8. The number of aliphatic carboxylic acids is 2. The highest BCUT2D eigenvalue weighted by molar-refractivity contribution is 5.89. The molecule has 0 atom stereocenters. The number of hydrogen-bond donors (Lipinski definition) is 2. The number of hydrogen-bond acceptors (Lipinski definition) is 3. The molecule has 0 spiro atoms. The first-order valence-corrected chi connectivity index (χ1v) is 8.27. The molecule has 0 amide bonds. The van der Waals surface area contributed by atoms with Gasteiger partial charge in [0.2, 0.25) is 0 Å². The van der Waals surface area contributed by atoms with Crippen LogP contribution in [-0.2, 0) is 15.1 Å². The lowest BCUT2D eigenvalue weighted by Crippen LogP contribution is -2.28. The fourth-order valence-corrected chi connectivity index (χ4v) is 2.75.